The summed E-state index contributed by atoms with van der Waals surface area (Å²) in [6, 6.07) is 5.70. The van der Waals surface area contributed by atoms with E-state index < -0.39 is 11.8 Å². The second-order valence-corrected chi connectivity index (χ2v) is 9.33. The summed E-state index contributed by atoms with van der Waals surface area (Å²) < 4.78 is 28.2. The molecule has 2 unspecified atom stereocenters. The van der Waals surface area contributed by atoms with Crippen LogP contribution in [0.3, 0.4) is 0 Å². The molecule has 0 spiro atoms. The van der Waals surface area contributed by atoms with Crippen LogP contribution in [-0.2, 0) is 19.0 Å². The molecule has 2 aromatic rings. The maximum Gasteiger partial charge on any atom is 0.315 e. The topological polar surface area (TPSA) is 108 Å². The van der Waals surface area contributed by atoms with Gasteiger partial charge < -0.3 is 33.5 Å². The minimum absolute atomic E-state index is 0.264. The smallest absolute Gasteiger partial charge is 0.315 e. The summed E-state index contributed by atoms with van der Waals surface area (Å²) in [6.45, 7) is 9.06. The van der Waals surface area contributed by atoms with E-state index in [9.17, 15) is 4.79 Å². The van der Waals surface area contributed by atoms with Crippen molar-refractivity contribution in [3.05, 3.63) is 29.3 Å². The first-order chi connectivity index (χ1) is 18.6. The molecule has 0 bridgehead atoms. The number of morpholine rings is 2. The van der Waals surface area contributed by atoms with Gasteiger partial charge in [0.05, 0.1) is 47.3 Å². The summed E-state index contributed by atoms with van der Waals surface area (Å²) in [5, 5.41) is 0. The SMILES string of the molecule is CCOC(=O)C1C(C)=Nc2nc(N3CCOCC3)nc(N3CCOCC3)c2C1c1cccc(OC)c1OC. The number of hydrogen-bond donors (Lipinski definition) is 0. The molecule has 11 heteroatoms. The van der Waals surface area contributed by atoms with Gasteiger partial charge in [0.25, 0.3) is 0 Å². The van der Waals surface area contributed by atoms with Crippen LogP contribution in [-0.4, -0.2) is 95.1 Å². The van der Waals surface area contributed by atoms with E-state index in [1.54, 1.807) is 21.1 Å². The Morgan fingerprint density at radius 2 is 1.68 bits per heavy atom. The van der Waals surface area contributed by atoms with Crippen LogP contribution in [0.2, 0.25) is 0 Å². The molecule has 0 N–H and O–H groups in total. The number of ether oxygens (including phenoxy) is 5. The third-order valence-electron chi connectivity index (χ3n) is 7.18. The average Bonchev–Trinajstić information content (AvgIpc) is 2.96. The van der Waals surface area contributed by atoms with E-state index in [0.717, 1.165) is 16.9 Å². The summed E-state index contributed by atoms with van der Waals surface area (Å²) in [7, 11) is 3.20. The molecule has 3 aliphatic heterocycles. The predicted octanol–water partition coefficient (Wildman–Crippen LogP) is 2.58. The normalized spacial score (nSPS) is 21.4. The van der Waals surface area contributed by atoms with Gasteiger partial charge in [-0.3, -0.25) is 4.79 Å². The molecule has 1 aromatic carbocycles. The fraction of sp³-hybridized carbons (Fsp3) is 0.556. The number of hydrogen-bond acceptors (Lipinski definition) is 11. The van der Waals surface area contributed by atoms with Gasteiger partial charge in [-0.1, -0.05) is 12.1 Å². The maximum atomic E-state index is 13.5. The monoisotopic (exact) mass is 525 g/mol. The molecule has 11 nitrogen and oxygen atoms in total. The van der Waals surface area contributed by atoms with Gasteiger partial charge in [-0.05, 0) is 19.9 Å². The summed E-state index contributed by atoms with van der Waals surface area (Å²) in [5.41, 5.74) is 2.20. The van der Waals surface area contributed by atoms with Gasteiger partial charge in [-0.15, -0.1) is 0 Å². The maximum absolute atomic E-state index is 13.5. The van der Waals surface area contributed by atoms with Crippen molar-refractivity contribution in [1.82, 2.24) is 9.97 Å². The highest BCUT2D eigenvalue weighted by molar-refractivity contribution is 6.05. The number of benzene rings is 1. The number of methoxy groups -OCH3 is 2. The molecule has 0 aliphatic carbocycles. The van der Waals surface area contributed by atoms with E-state index in [4.69, 9.17) is 38.6 Å². The van der Waals surface area contributed by atoms with E-state index in [0.29, 0.717) is 81.6 Å². The van der Waals surface area contributed by atoms with Crippen molar-refractivity contribution in [2.45, 2.75) is 19.8 Å². The summed E-state index contributed by atoms with van der Waals surface area (Å²) in [4.78, 5) is 32.8. The zero-order chi connectivity index (χ0) is 26.6. The third-order valence-corrected chi connectivity index (χ3v) is 7.18. The standard InChI is InChI=1S/C27H35N5O6/c1-5-38-26(33)20-17(2)28-24-22(21(20)18-7-6-8-19(34-3)23(18)35-4)25(31-9-13-36-14-10-31)30-27(29-24)32-11-15-37-16-12-32/h6-8,20-21H,5,9-16H2,1-4H3. The van der Waals surface area contributed by atoms with Crippen molar-refractivity contribution in [1.29, 1.82) is 0 Å². The van der Waals surface area contributed by atoms with Gasteiger partial charge in [0.15, 0.2) is 17.3 Å². The van der Waals surface area contributed by atoms with Gasteiger partial charge in [0.2, 0.25) is 5.95 Å². The first kappa shape index (κ1) is 26.2. The number of aliphatic imine (C=N–C) groups is 1. The van der Waals surface area contributed by atoms with E-state index in [1.807, 2.05) is 25.1 Å². The Labute approximate surface area is 222 Å². The lowest BCUT2D eigenvalue weighted by Gasteiger charge is -2.37. The Bertz CT molecular complexity index is 1190. The van der Waals surface area contributed by atoms with Gasteiger partial charge >= 0.3 is 5.97 Å². The number of anilines is 2. The molecule has 2 saturated heterocycles. The fourth-order valence-electron chi connectivity index (χ4n) is 5.39. The van der Waals surface area contributed by atoms with Crippen molar-refractivity contribution in [3.8, 4) is 11.5 Å². The number of fused-ring (bicyclic) bond motifs is 1. The molecule has 2 fully saturated rings. The first-order valence-corrected chi connectivity index (χ1v) is 13.1. The zero-order valence-corrected chi connectivity index (χ0v) is 22.4. The van der Waals surface area contributed by atoms with Crippen LogP contribution >= 0.6 is 0 Å². The van der Waals surface area contributed by atoms with Crippen LogP contribution in [0.4, 0.5) is 17.6 Å². The zero-order valence-electron chi connectivity index (χ0n) is 22.4. The Morgan fingerprint density at radius 1 is 1.00 bits per heavy atom. The highest BCUT2D eigenvalue weighted by Crippen LogP contribution is 2.50. The number of esters is 1. The molecular weight excluding hydrogens is 490 g/mol. The number of aromatic nitrogens is 2. The Kier molecular flexibility index (Phi) is 7.94. The van der Waals surface area contributed by atoms with E-state index in [1.165, 1.54) is 0 Å². The summed E-state index contributed by atoms with van der Waals surface area (Å²) in [6.07, 6.45) is 0. The lowest BCUT2D eigenvalue weighted by atomic mass is 9.76. The highest BCUT2D eigenvalue weighted by Gasteiger charge is 2.44. The molecule has 0 saturated carbocycles. The van der Waals surface area contributed by atoms with Gasteiger partial charge in [0.1, 0.15) is 11.7 Å². The molecule has 0 amide bonds. The van der Waals surface area contributed by atoms with Crippen LogP contribution in [0.15, 0.2) is 23.2 Å². The minimum Gasteiger partial charge on any atom is -0.493 e. The van der Waals surface area contributed by atoms with E-state index in [-0.39, 0.29) is 12.6 Å². The summed E-state index contributed by atoms with van der Waals surface area (Å²) >= 11 is 0. The van der Waals surface area contributed by atoms with Crippen LogP contribution in [0.25, 0.3) is 0 Å². The Morgan fingerprint density at radius 3 is 2.32 bits per heavy atom. The molecular formula is C27H35N5O6. The highest BCUT2D eigenvalue weighted by atomic mass is 16.5. The molecule has 204 valence electrons. The predicted molar refractivity (Wildman–Crippen MR) is 142 cm³/mol. The molecule has 38 heavy (non-hydrogen) atoms. The van der Waals surface area contributed by atoms with E-state index in [2.05, 4.69) is 9.80 Å². The second-order valence-electron chi connectivity index (χ2n) is 9.33. The van der Waals surface area contributed by atoms with Crippen molar-refractivity contribution in [2.75, 3.05) is 83.2 Å². The van der Waals surface area contributed by atoms with Gasteiger partial charge in [-0.25, -0.2) is 4.99 Å². The van der Waals surface area contributed by atoms with Crippen LogP contribution in [0.1, 0.15) is 30.9 Å². The summed E-state index contributed by atoms with van der Waals surface area (Å²) in [5.74, 6) is 1.52. The van der Waals surface area contributed by atoms with Gasteiger partial charge in [0, 0.05) is 48.9 Å². The number of nitrogens with zero attached hydrogens (tertiary/aromatic N) is 5. The molecule has 4 heterocycles. The van der Waals surface area contributed by atoms with Crippen LogP contribution in [0, 0.1) is 5.92 Å². The van der Waals surface area contributed by atoms with Crippen LogP contribution < -0.4 is 19.3 Å². The van der Waals surface area contributed by atoms with Crippen molar-refractivity contribution < 1.29 is 28.5 Å². The third kappa shape index (κ3) is 4.88. The number of para-hydroxylation sites is 1. The second kappa shape index (κ2) is 11.5. The average molecular weight is 526 g/mol. The Balaban J connectivity index is 1.76. The molecule has 0 radical (unpaired) electrons. The lowest BCUT2D eigenvalue weighted by molar-refractivity contribution is -0.146. The number of carbonyl (C=O) groups is 1. The number of carbonyl (C=O) groups excluding carboxylic acids is 1. The quantitative estimate of drug-likeness (QED) is 0.501. The Hall–Kier alpha value is -3.44. The van der Waals surface area contributed by atoms with Crippen molar-refractivity contribution in [3.63, 3.8) is 0 Å². The molecule has 5 rings (SSSR count). The van der Waals surface area contributed by atoms with Crippen molar-refractivity contribution >= 4 is 29.3 Å². The van der Waals surface area contributed by atoms with Gasteiger partial charge in [-0.2, -0.15) is 9.97 Å². The number of rotatable bonds is 7. The fourth-order valence-corrected chi connectivity index (χ4v) is 5.39. The van der Waals surface area contributed by atoms with Crippen LogP contribution in [0.5, 0.6) is 11.5 Å². The first-order valence-electron chi connectivity index (χ1n) is 13.1. The molecule has 2 atom stereocenters. The van der Waals surface area contributed by atoms with E-state index >= 15 is 0 Å². The molecule has 1 aromatic heterocycles. The minimum atomic E-state index is -0.680. The largest absolute Gasteiger partial charge is 0.493 e. The lowest BCUT2D eigenvalue weighted by Crippen LogP contribution is -2.41. The van der Waals surface area contributed by atoms with Crippen molar-refractivity contribution in [2.24, 2.45) is 10.9 Å². The molecule has 3 aliphatic rings.